The van der Waals surface area contributed by atoms with E-state index in [9.17, 15) is 0 Å². The van der Waals surface area contributed by atoms with E-state index in [1.165, 1.54) is 27.5 Å². The summed E-state index contributed by atoms with van der Waals surface area (Å²) < 4.78 is 8.96. The van der Waals surface area contributed by atoms with Crippen molar-refractivity contribution in [2.24, 2.45) is 11.8 Å². The van der Waals surface area contributed by atoms with Gasteiger partial charge in [-0.15, -0.1) is 0 Å². The van der Waals surface area contributed by atoms with E-state index in [4.69, 9.17) is 9.72 Å². The Labute approximate surface area is 282 Å². The third-order valence-electron chi connectivity index (χ3n) is 9.32. The summed E-state index contributed by atoms with van der Waals surface area (Å²) in [7, 11) is 2.07. The van der Waals surface area contributed by atoms with Gasteiger partial charge in [-0.1, -0.05) is 70.2 Å². The lowest BCUT2D eigenvalue weighted by Crippen LogP contribution is -2.24. The molecule has 240 valence electrons. The first-order valence-corrected chi connectivity index (χ1v) is 17.0. The predicted molar refractivity (Wildman–Crippen MR) is 199 cm³/mol. The summed E-state index contributed by atoms with van der Waals surface area (Å²) in [6.07, 6.45) is 5.97. The smallest absolute Gasteiger partial charge is 0.153 e. The number of imidazole rings is 1. The molecule has 0 amide bonds. The molecule has 0 unspecified atom stereocenters. The fourth-order valence-corrected chi connectivity index (χ4v) is 7.39. The molecule has 0 saturated carbocycles. The highest BCUT2D eigenvalue weighted by Gasteiger charge is 2.26. The van der Waals surface area contributed by atoms with Crippen LogP contribution in [0.4, 0.5) is 17.2 Å². The summed E-state index contributed by atoms with van der Waals surface area (Å²) in [4.78, 5) is 14.2. The van der Waals surface area contributed by atoms with Gasteiger partial charge in [-0.3, -0.25) is 4.40 Å². The number of nitrogens with zero attached hydrogens (tertiary/aromatic N) is 5. The molecule has 1 aliphatic rings. The van der Waals surface area contributed by atoms with E-state index in [0.717, 1.165) is 70.4 Å². The van der Waals surface area contributed by atoms with Crippen LogP contribution in [0.5, 0.6) is 11.5 Å². The fraction of sp³-hybridized carbons (Fsp3) is 0.238. The number of ether oxygens (including phenoxy) is 1. The molecule has 4 heterocycles. The number of rotatable bonds is 8. The number of pyridine rings is 2. The normalized spacial score (nSPS) is 13.1. The number of hydrogen-bond donors (Lipinski definition) is 0. The second-order valence-corrected chi connectivity index (χ2v) is 13.9. The predicted octanol–water partition coefficient (Wildman–Crippen LogP) is 10.4. The van der Waals surface area contributed by atoms with E-state index in [-0.39, 0.29) is 0 Å². The molecule has 0 bridgehead atoms. The summed E-state index contributed by atoms with van der Waals surface area (Å²) in [6, 6.07) is 34.3. The highest BCUT2D eigenvalue weighted by atomic mass is 16.5. The first kappa shape index (κ1) is 30.0. The van der Waals surface area contributed by atoms with Gasteiger partial charge in [0.05, 0.1) is 29.8 Å². The quantitative estimate of drug-likeness (QED) is 0.156. The lowest BCUT2D eigenvalue weighted by Gasteiger charge is -2.20. The van der Waals surface area contributed by atoms with E-state index >= 15 is 0 Å². The van der Waals surface area contributed by atoms with Crippen molar-refractivity contribution in [2.75, 3.05) is 23.5 Å². The van der Waals surface area contributed by atoms with Crippen LogP contribution in [-0.2, 0) is 12.8 Å². The molecule has 1 aliphatic heterocycles. The average molecular weight is 632 g/mol. The van der Waals surface area contributed by atoms with Gasteiger partial charge >= 0.3 is 0 Å². The van der Waals surface area contributed by atoms with Crippen LogP contribution < -0.4 is 14.5 Å². The molecule has 6 heteroatoms. The van der Waals surface area contributed by atoms with Gasteiger partial charge in [0, 0.05) is 41.3 Å². The molecule has 0 saturated heterocycles. The summed E-state index contributed by atoms with van der Waals surface area (Å²) in [6.45, 7) is 9.93. The third-order valence-corrected chi connectivity index (χ3v) is 9.32. The molecule has 0 radical (unpaired) electrons. The molecular formula is C42H41N5O. The SMILES string of the molecule is CC(C)Cc1cccc(CC(C)C)c1-c1cnc2c3cc(Oc4cccc(N5CN(C)c6ncccc65)c4)ccc3c3ccccc3n12. The first-order valence-electron chi connectivity index (χ1n) is 17.0. The van der Waals surface area contributed by atoms with Crippen molar-refractivity contribution >= 4 is 44.5 Å². The van der Waals surface area contributed by atoms with Gasteiger partial charge in [0.1, 0.15) is 17.1 Å². The van der Waals surface area contributed by atoms with Gasteiger partial charge in [-0.05, 0) is 89.7 Å². The molecule has 0 fully saturated rings. The van der Waals surface area contributed by atoms with E-state index in [0.29, 0.717) is 11.8 Å². The lowest BCUT2D eigenvalue weighted by molar-refractivity contribution is 0.483. The van der Waals surface area contributed by atoms with Crippen LogP contribution in [0.1, 0.15) is 38.8 Å². The molecular weight excluding hydrogens is 590 g/mol. The van der Waals surface area contributed by atoms with Gasteiger partial charge in [-0.25, -0.2) is 9.97 Å². The van der Waals surface area contributed by atoms with Gasteiger partial charge < -0.3 is 14.5 Å². The second kappa shape index (κ2) is 12.0. The number of benzene rings is 4. The molecule has 0 aliphatic carbocycles. The summed E-state index contributed by atoms with van der Waals surface area (Å²) in [5.41, 5.74) is 9.51. The zero-order valence-electron chi connectivity index (χ0n) is 28.3. The summed E-state index contributed by atoms with van der Waals surface area (Å²) in [5.74, 6) is 3.64. The van der Waals surface area contributed by atoms with Crippen LogP contribution in [0.3, 0.4) is 0 Å². The zero-order chi connectivity index (χ0) is 32.9. The number of hydrogen-bond acceptors (Lipinski definition) is 5. The Balaban J connectivity index is 1.25. The Bertz CT molecular complexity index is 2270. The number of aromatic nitrogens is 3. The van der Waals surface area contributed by atoms with Crippen LogP contribution in [-0.4, -0.2) is 28.1 Å². The Kier molecular flexibility index (Phi) is 7.51. The average Bonchev–Trinajstić information content (AvgIpc) is 3.67. The van der Waals surface area contributed by atoms with Gasteiger partial charge in [-0.2, -0.15) is 0 Å². The molecule has 48 heavy (non-hydrogen) atoms. The first-order chi connectivity index (χ1) is 23.4. The van der Waals surface area contributed by atoms with Crippen molar-refractivity contribution in [3.8, 4) is 22.8 Å². The van der Waals surface area contributed by atoms with Crippen LogP contribution in [0.15, 0.2) is 109 Å². The van der Waals surface area contributed by atoms with E-state index in [1.807, 2.05) is 18.3 Å². The van der Waals surface area contributed by atoms with Crippen LogP contribution in [0.25, 0.3) is 38.6 Å². The van der Waals surface area contributed by atoms with Gasteiger partial charge in [0.25, 0.3) is 0 Å². The molecule has 0 atom stereocenters. The number of fused-ring (bicyclic) bond motifs is 7. The molecule has 0 spiro atoms. The van der Waals surface area contributed by atoms with Gasteiger partial charge in [0.15, 0.2) is 5.82 Å². The van der Waals surface area contributed by atoms with Crippen molar-refractivity contribution < 1.29 is 4.74 Å². The fourth-order valence-electron chi connectivity index (χ4n) is 7.39. The van der Waals surface area contributed by atoms with Crippen LogP contribution in [0, 0.1) is 11.8 Å². The Hall–Kier alpha value is -5.36. The van der Waals surface area contributed by atoms with Crippen molar-refractivity contribution in [3.63, 3.8) is 0 Å². The second-order valence-electron chi connectivity index (χ2n) is 13.9. The Morgan fingerprint density at radius 1 is 0.708 bits per heavy atom. The molecule has 8 rings (SSSR count). The highest BCUT2D eigenvalue weighted by Crippen LogP contribution is 2.41. The van der Waals surface area contributed by atoms with Crippen molar-refractivity contribution in [2.45, 2.75) is 40.5 Å². The minimum absolute atomic E-state index is 0.547. The largest absolute Gasteiger partial charge is 0.457 e. The summed E-state index contributed by atoms with van der Waals surface area (Å²) in [5, 5.41) is 3.44. The molecule has 3 aromatic heterocycles. The maximum atomic E-state index is 6.59. The lowest BCUT2D eigenvalue weighted by atomic mass is 9.89. The highest BCUT2D eigenvalue weighted by molar-refractivity contribution is 6.12. The van der Waals surface area contributed by atoms with Crippen molar-refractivity contribution in [3.05, 3.63) is 121 Å². The van der Waals surface area contributed by atoms with Gasteiger partial charge in [0.2, 0.25) is 0 Å². The zero-order valence-corrected chi connectivity index (χ0v) is 28.3. The minimum atomic E-state index is 0.547. The topological polar surface area (TPSA) is 45.9 Å². The molecule has 4 aromatic carbocycles. The Morgan fingerprint density at radius 2 is 1.46 bits per heavy atom. The molecule has 0 N–H and O–H groups in total. The van der Waals surface area contributed by atoms with Crippen LogP contribution >= 0.6 is 0 Å². The van der Waals surface area contributed by atoms with E-state index in [2.05, 4.69) is 145 Å². The minimum Gasteiger partial charge on any atom is -0.457 e. The standard InChI is InChI=1S/C42H41N5O/c1-27(2)21-29-11-8-12-30(22-28(3)4)40(29)39-25-44-41-36-24-33(18-19-34(36)35-15-6-7-16-37(35)47(39)41)48-32-14-9-13-31(23-32)46-26-45(5)42-38(46)17-10-20-43-42/h6-20,23-25,27-28H,21-22,26H2,1-5H3. The molecule has 6 nitrogen and oxygen atoms in total. The number of para-hydroxylation sites is 1. The van der Waals surface area contributed by atoms with Crippen molar-refractivity contribution in [1.29, 1.82) is 0 Å². The number of anilines is 3. The van der Waals surface area contributed by atoms with Crippen molar-refractivity contribution in [1.82, 2.24) is 14.4 Å². The monoisotopic (exact) mass is 631 g/mol. The third kappa shape index (κ3) is 5.22. The Morgan fingerprint density at radius 3 is 2.25 bits per heavy atom. The maximum absolute atomic E-state index is 6.59. The van der Waals surface area contributed by atoms with Crippen LogP contribution in [0.2, 0.25) is 0 Å². The van der Waals surface area contributed by atoms with E-state index in [1.54, 1.807) is 0 Å². The summed E-state index contributed by atoms with van der Waals surface area (Å²) >= 11 is 0. The molecule has 7 aromatic rings. The van der Waals surface area contributed by atoms with E-state index < -0.39 is 0 Å². The maximum Gasteiger partial charge on any atom is 0.153 e.